The molecular formula is C54H70ClN9O10S2. The molecule has 19 nitrogen and oxygen atoms in total. The Morgan fingerprint density at radius 1 is 0.816 bits per heavy atom. The number of aromatic nitrogens is 4. The number of rotatable bonds is 27. The molecule has 2 aliphatic rings. The van der Waals surface area contributed by atoms with E-state index in [4.69, 9.17) is 40.3 Å². The fourth-order valence-electron chi connectivity index (χ4n) is 8.82. The Morgan fingerprint density at radius 3 is 2.12 bits per heavy atom. The largest absolute Gasteiger partial charge is 0.391 e. The van der Waals surface area contributed by atoms with Gasteiger partial charge in [-0.25, -0.2) is 4.98 Å². The first kappa shape index (κ1) is 58.2. The monoisotopic (exact) mass is 1100 g/mol. The van der Waals surface area contributed by atoms with Crippen molar-refractivity contribution in [3.63, 3.8) is 0 Å². The van der Waals surface area contributed by atoms with Crippen LogP contribution in [-0.2, 0) is 49.4 Å². The lowest BCUT2D eigenvalue weighted by Gasteiger charge is -2.35. The number of likely N-dealkylation sites (tertiary alicyclic amines) is 1. The summed E-state index contributed by atoms with van der Waals surface area (Å²) in [5.74, 6) is -0.134. The molecule has 4 atom stereocenters. The number of thiazole rings is 1. The summed E-state index contributed by atoms with van der Waals surface area (Å²) in [6, 6.07) is 13.0. The Morgan fingerprint density at radius 2 is 1.46 bits per heavy atom. The summed E-state index contributed by atoms with van der Waals surface area (Å²) in [7, 11) is 0. The Kier molecular flexibility index (Phi) is 21.2. The number of amides is 4. The van der Waals surface area contributed by atoms with Gasteiger partial charge in [0.15, 0.2) is 5.82 Å². The van der Waals surface area contributed by atoms with Crippen molar-refractivity contribution in [2.45, 2.75) is 98.5 Å². The highest BCUT2D eigenvalue weighted by atomic mass is 35.5. The number of nitrogens with one attached hydrogen (secondary N) is 3. The third-order valence-corrected chi connectivity index (χ3v) is 15.4. The van der Waals surface area contributed by atoms with Gasteiger partial charge in [-0.2, -0.15) is 0 Å². The molecule has 22 heteroatoms. The molecule has 4 N–H and O–H groups in total. The normalized spacial score (nSPS) is 16.7. The second-order valence-electron chi connectivity index (χ2n) is 19.8. The number of aliphatic hydroxyl groups excluding tert-OH is 1. The predicted octanol–water partition coefficient (Wildman–Crippen LogP) is 6.02. The molecule has 0 saturated carbocycles. The van der Waals surface area contributed by atoms with E-state index in [9.17, 15) is 24.3 Å². The summed E-state index contributed by atoms with van der Waals surface area (Å²) in [6.07, 6.45) is -0.00765. The molecule has 0 spiro atoms. The molecule has 2 aromatic carbocycles. The summed E-state index contributed by atoms with van der Waals surface area (Å²) >= 11 is 9.46. The molecule has 410 valence electrons. The average molecular weight is 1100 g/mol. The van der Waals surface area contributed by atoms with Gasteiger partial charge in [0.25, 0.3) is 0 Å². The fourth-order valence-corrected chi connectivity index (χ4v) is 11.0. The Labute approximate surface area is 457 Å². The average Bonchev–Trinajstić information content (AvgIpc) is 4.19. The molecule has 5 heterocycles. The number of fused-ring (bicyclic) bond motifs is 3. The molecule has 5 aromatic rings. The minimum absolute atomic E-state index is 0.0206. The van der Waals surface area contributed by atoms with E-state index in [0.717, 1.165) is 54.9 Å². The molecular weight excluding hydrogens is 1030 g/mol. The van der Waals surface area contributed by atoms with Crippen LogP contribution in [0, 0.1) is 33.1 Å². The van der Waals surface area contributed by atoms with Gasteiger partial charge in [-0.1, -0.05) is 68.8 Å². The number of nitrogens with zero attached hydrogens (tertiary/aromatic N) is 6. The van der Waals surface area contributed by atoms with Crippen LogP contribution in [0.4, 0.5) is 0 Å². The van der Waals surface area contributed by atoms with E-state index < -0.39 is 41.5 Å². The van der Waals surface area contributed by atoms with Crippen LogP contribution in [0.25, 0.3) is 15.4 Å². The summed E-state index contributed by atoms with van der Waals surface area (Å²) in [6.45, 7) is 17.0. The van der Waals surface area contributed by atoms with Gasteiger partial charge < -0.3 is 49.6 Å². The van der Waals surface area contributed by atoms with Crippen molar-refractivity contribution in [3.8, 4) is 15.4 Å². The highest BCUT2D eigenvalue weighted by Gasteiger charge is 2.44. The van der Waals surface area contributed by atoms with Crippen LogP contribution in [0.15, 0.2) is 59.0 Å². The molecule has 0 unspecified atom stereocenters. The number of aliphatic hydroxyl groups is 1. The van der Waals surface area contributed by atoms with Crippen molar-refractivity contribution in [3.05, 3.63) is 104 Å². The number of aryl methyl sites for hydroxylation is 3. The number of thiophene rings is 1. The van der Waals surface area contributed by atoms with Crippen molar-refractivity contribution in [1.82, 2.24) is 40.6 Å². The molecule has 1 fully saturated rings. The van der Waals surface area contributed by atoms with Gasteiger partial charge in [0.2, 0.25) is 23.6 Å². The third-order valence-electron chi connectivity index (χ3n) is 12.9. The number of aliphatic imine (C=N–C) groups is 1. The number of carbonyl (C=O) groups is 4. The number of benzene rings is 2. The minimum atomic E-state index is -0.970. The van der Waals surface area contributed by atoms with Crippen molar-refractivity contribution in [2.75, 3.05) is 79.2 Å². The van der Waals surface area contributed by atoms with Crippen molar-refractivity contribution >= 4 is 63.6 Å². The minimum Gasteiger partial charge on any atom is -0.391 e. The van der Waals surface area contributed by atoms with E-state index in [0.29, 0.717) is 70.1 Å². The summed E-state index contributed by atoms with van der Waals surface area (Å²) in [5.41, 5.74) is 7.84. The van der Waals surface area contributed by atoms with E-state index in [1.807, 2.05) is 93.2 Å². The van der Waals surface area contributed by atoms with Crippen molar-refractivity contribution < 1.29 is 48.0 Å². The Balaban J connectivity index is 0.705. The predicted molar refractivity (Wildman–Crippen MR) is 291 cm³/mol. The first-order valence-electron chi connectivity index (χ1n) is 25.6. The maximum Gasteiger partial charge on any atom is 0.246 e. The zero-order chi connectivity index (χ0) is 54.4. The molecule has 0 bridgehead atoms. The summed E-state index contributed by atoms with van der Waals surface area (Å²) in [4.78, 5) is 66.7. The number of hydrogen-bond acceptors (Lipinski definition) is 16. The van der Waals surface area contributed by atoms with Crippen LogP contribution in [0.2, 0.25) is 5.02 Å². The molecule has 76 heavy (non-hydrogen) atoms. The lowest BCUT2D eigenvalue weighted by molar-refractivity contribution is -0.144. The quantitative estimate of drug-likeness (QED) is 0.0442. The van der Waals surface area contributed by atoms with Crippen LogP contribution in [0.3, 0.4) is 0 Å². The van der Waals surface area contributed by atoms with Gasteiger partial charge >= 0.3 is 0 Å². The molecule has 4 amide bonds. The lowest BCUT2D eigenvalue weighted by atomic mass is 9.85. The van der Waals surface area contributed by atoms with Crippen LogP contribution in [0.1, 0.15) is 90.5 Å². The van der Waals surface area contributed by atoms with Gasteiger partial charge in [-0.05, 0) is 68.4 Å². The van der Waals surface area contributed by atoms with E-state index in [1.165, 1.54) is 9.78 Å². The summed E-state index contributed by atoms with van der Waals surface area (Å²) in [5, 5.41) is 29.7. The zero-order valence-corrected chi connectivity index (χ0v) is 46.7. The van der Waals surface area contributed by atoms with Gasteiger partial charge in [-0.3, -0.25) is 28.7 Å². The molecule has 2 aliphatic heterocycles. The number of ether oxygens (including phenoxy) is 5. The van der Waals surface area contributed by atoms with Gasteiger partial charge in [0.05, 0.1) is 80.6 Å². The van der Waals surface area contributed by atoms with Gasteiger partial charge in [0, 0.05) is 60.3 Å². The fraction of sp³-hybridized carbons (Fsp3) is 0.519. The van der Waals surface area contributed by atoms with Gasteiger partial charge in [-0.15, -0.1) is 32.9 Å². The number of carbonyl (C=O) groups excluding carboxylic acids is 4. The summed E-state index contributed by atoms with van der Waals surface area (Å²) < 4.78 is 30.1. The van der Waals surface area contributed by atoms with E-state index in [-0.39, 0.29) is 57.6 Å². The third kappa shape index (κ3) is 15.6. The number of β-amino-alcohol motifs (C(OH)–C–C–N with tert-alkyl or cyclic N) is 1. The van der Waals surface area contributed by atoms with E-state index >= 15 is 0 Å². The second kappa shape index (κ2) is 27.7. The number of hydrogen-bond donors (Lipinski definition) is 4. The van der Waals surface area contributed by atoms with Crippen LogP contribution >= 0.6 is 34.3 Å². The van der Waals surface area contributed by atoms with Crippen molar-refractivity contribution in [1.29, 1.82) is 0 Å². The standard InChI is InChI=1S/C54H70ClN9O10S2/c1-33-35(3)76-53-46(33)47(38-13-15-40(55)16-14-38)59-42(50-62-61-36(4)64(50)53)28-44(66)56-17-20-72-23-21-70-18-8-19-71-22-24-73-25-26-74-31-45(67)60-49(54(5,6)7)52(69)63-30-41(65)27-43(63)51(68)57-29-37-9-11-39(12-10-37)48-34(2)58-32-75-48/h9-16,32,41-43,49,65H,8,17-31H2,1-7H3,(H,56,66)(H,57,68)(H,60,67)/t41-,42+,43+,49-/m1/s1. The topological polar surface area (TPSA) is 230 Å². The van der Waals surface area contributed by atoms with E-state index in [1.54, 1.807) is 22.7 Å². The smallest absolute Gasteiger partial charge is 0.246 e. The SMILES string of the molecule is Cc1ncsc1-c1ccc(CNC(=O)[C@@H]2C[C@@H](O)CN2C(=O)[C@@H](NC(=O)COCCOCCOCCCOCCOCCNC(=O)C[C@@H]2N=C(c3ccc(Cl)cc3)c3c(sc(C)c3C)-n3c(C)nnc32)C(C)(C)C)cc1. The Hall–Kier alpha value is -5.49. The highest BCUT2D eigenvalue weighted by molar-refractivity contribution is 7.15. The zero-order valence-electron chi connectivity index (χ0n) is 44.3. The van der Waals surface area contributed by atoms with Crippen LogP contribution in [-0.4, -0.2) is 156 Å². The first-order valence-corrected chi connectivity index (χ1v) is 27.6. The maximum atomic E-state index is 13.9. The molecule has 7 rings (SSSR count). The van der Waals surface area contributed by atoms with Crippen LogP contribution in [0.5, 0.6) is 0 Å². The maximum absolute atomic E-state index is 13.9. The number of halogens is 1. The Bertz CT molecular complexity index is 2780. The van der Waals surface area contributed by atoms with E-state index in [2.05, 4.69) is 45.0 Å². The van der Waals surface area contributed by atoms with Crippen molar-refractivity contribution in [2.24, 2.45) is 10.4 Å². The lowest BCUT2D eigenvalue weighted by Crippen LogP contribution is -2.58. The first-order chi connectivity index (χ1) is 36.5. The molecule has 1 saturated heterocycles. The molecule has 3 aromatic heterocycles. The molecule has 0 radical (unpaired) electrons. The second-order valence-corrected chi connectivity index (χ2v) is 22.3. The highest BCUT2D eigenvalue weighted by Crippen LogP contribution is 2.40. The molecule has 0 aliphatic carbocycles. The van der Waals surface area contributed by atoms with Crippen LogP contribution < -0.4 is 16.0 Å². The van der Waals surface area contributed by atoms with Gasteiger partial charge in [0.1, 0.15) is 35.6 Å².